The lowest BCUT2D eigenvalue weighted by molar-refractivity contribution is 0.396. The van der Waals surface area contributed by atoms with Crippen molar-refractivity contribution < 1.29 is 8.42 Å². The van der Waals surface area contributed by atoms with Gasteiger partial charge in [0, 0.05) is 11.6 Å². The Bertz CT molecular complexity index is 1070. The molecular formula is C19H18N4O2S. The van der Waals surface area contributed by atoms with Crippen LogP contribution in [0.5, 0.6) is 0 Å². The highest BCUT2D eigenvalue weighted by molar-refractivity contribution is 7.89. The summed E-state index contributed by atoms with van der Waals surface area (Å²) in [7, 11) is -3.53. The van der Waals surface area contributed by atoms with Crippen molar-refractivity contribution in [3.05, 3.63) is 65.9 Å². The second-order valence-electron chi connectivity index (χ2n) is 6.81. The summed E-state index contributed by atoms with van der Waals surface area (Å²) < 4.78 is 29.8. The summed E-state index contributed by atoms with van der Waals surface area (Å²) in [4.78, 5) is 0.349. The first-order valence-corrected chi connectivity index (χ1v) is 10.2. The zero-order chi connectivity index (χ0) is 17.7. The highest BCUT2D eigenvalue weighted by atomic mass is 32.2. The molecule has 0 radical (unpaired) electrons. The Morgan fingerprint density at radius 1 is 1.00 bits per heavy atom. The van der Waals surface area contributed by atoms with E-state index in [0.717, 1.165) is 29.8 Å². The van der Waals surface area contributed by atoms with Crippen molar-refractivity contribution >= 4 is 10.0 Å². The molecule has 2 aromatic carbocycles. The number of rotatable bonds is 3. The number of benzene rings is 2. The van der Waals surface area contributed by atoms with E-state index in [0.29, 0.717) is 17.0 Å². The van der Waals surface area contributed by atoms with Crippen molar-refractivity contribution in [3.8, 4) is 11.3 Å². The van der Waals surface area contributed by atoms with Gasteiger partial charge < -0.3 is 0 Å². The van der Waals surface area contributed by atoms with Crippen LogP contribution < -0.4 is 0 Å². The molecule has 132 valence electrons. The van der Waals surface area contributed by atoms with E-state index in [-0.39, 0.29) is 12.6 Å². The smallest absolute Gasteiger partial charge is 0.240 e. The van der Waals surface area contributed by atoms with Gasteiger partial charge in [0.05, 0.1) is 23.7 Å². The number of hydrogen-bond donors (Lipinski definition) is 0. The number of aromatic nitrogens is 3. The van der Waals surface area contributed by atoms with E-state index >= 15 is 0 Å². The van der Waals surface area contributed by atoms with Crippen molar-refractivity contribution in [2.75, 3.05) is 0 Å². The van der Waals surface area contributed by atoms with Gasteiger partial charge in [-0.3, -0.25) is 0 Å². The minimum Gasteiger partial charge on any atom is -0.240 e. The molecule has 3 aromatic rings. The molecule has 1 aliphatic heterocycles. The molecule has 1 saturated carbocycles. The van der Waals surface area contributed by atoms with Gasteiger partial charge in [-0.1, -0.05) is 53.7 Å². The predicted molar refractivity (Wildman–Crippen MR) is 96.8 cm³/mol. The Labute approximate surface area is 152 Å². The van der Waals surface area contributed by atoms with E-state index in [1.54, 1.807) is 16.4 Å². The molecule has 0 bridgehead atoms. The third-order valence-electron chi connectivity index (χ3n) is 4.97. The van der Waals surface area contributed by atoms with Crippen LogP contribution >= 0.6 is 0 Å². The molecule has 0 spiro atoms. The van der Waals surface area contributed by atoms with Crippen molar-refractivity contribution in [2.24, 2.45) is 0 Å². The second kappa shape index (κ2) is 5.75. The Kier molecular flexibility index (Phi) is 3.48. The number of fused-ring (bicyclic) bond motifs is 3. The van der Waals surface area contributed by atoms with Gasteiger partial charge in [-0.25, -0.2) is 13.1 Å². The lowest BCUT2D eigenvalue weighted by atomic mass is 10.1. The molecule has 2 heterocycles. The monoisotopic (exact) mass is 366 g/mol. The molecule has 26 heavy (non-hydrogen) atoms. The molecule has 0 N–H and O–H groups in total. The van der Waals surface area contributed by atoms with Crippen LogP contribution in [0.4, 0.5) is 0 Å². The summed E-state index contributed by atoms with van der Waals surface area (Å²) in [6.45, 7) is 0.840. The Morgan fingerprint density at radius 3 is 2.50 bits per heavy atom. The summed E-state index contributed by atoms with van der Waals surface area (Å²) in [6, 6.07) is 17.3. The third kappa shape index (κ3) is 2.47. The van der Waals surface area contributed by atoms with Gasteiger partial charge in [-0.15, -0.1) is 5.10 Å². The minimum atomic E-state index is -3.53. The fraction of sp³-hybridized carbons (Fsp3) is 0.263. The van der Waals surface area contributed by atoms with Crippen LogP contribution in [0, 0.1) is 0 Å². The lowest BCUT2D eigenvalue weighted by Crippen LogP contribution is -2.32. The highest BCUT2D eigenvalue weighted by Crippen LogP contribution is 2.40. The van der Waals surface area contributed by atoms with Crippen LogP contribution in [0.3, 0.4) is 0 Å². The van der Waals surface area contributed by atoms with Crippen LogP contribution in [0.25, 0.3) is 11.3 Å². The maximum atomic E-state index is 13.2. The van der Waals surface area contributed by atoms with E-state index < -0.39 is 10.0 Å². The quantitative estimate of drug-likeness (QED) is 0.715. The van der Waals surface area contributed by atoms with Crippen LogP contribution in [-0.2, 0) is 23.1 Å². The number of nitrogens with zero attached hydrogens (tertiary/aromatic N) is 4. The standard InChI is InChI=1S/C19H18N4O2S/c24-26(25)18-9-5-4-8-16(18)19-17(13-23(26)15-10-11-15)20-21-22(19)12-14-6-2-1-3-7-14/h1-9,15H,10-13H2. The average molecular weight is 366 g/mol. The fourth-order valence-electron chi connectivity index (χ4n) is 3.55. The van der Waals surface area contributed by atoms with Crippen molar-refractivity contribution in [2.45, 2.75) is 36.9 Å². The first kappa shape index (κ1) is 15.7. The first-order valence-electron chi connectivity index (χ1n) is 8.72. The highest BCUT2D eigenvalue weighted by Gasteiger charge is 2.42. The average Bonchev–Trinajstić information content (AvgIpc) is 3.42. The fourth-order valence-corrected chi connectivity index (χ4v) is 5.39. The van der Waals surface area contributed by atoms with Crippen molar-refractivity contribution in [1.29, 1.82) is 0 Å². The molecular weight excluding hydrogens is 348 g/mol. The van der Waals surface area contributed by atoms with Crippen LogP contribution in [0.15, 0.2) is 59.5 Å². The van der Waals surface area contributed by atoms with Gasteiger partial charge in [0.2, 0.25) is 10.0 Å². The first-order chi connectivity index (χ1) is 12.6. The van der Waals surface area contributed by atoms with E-state index in [2.05, 4.69) is 10.3 Å². The van der Waals surface area contributed by atoms with Crippen molar-refractivity contribution in [1.82, 2.24) is 19.3 Å². The summed E-state index contributed by atoms with van der Waals surface area (Å²) in [6.07, 6.45) is 1.82. The number of hydrogen-bond acceptors (Lipinski definition) is 4. The van der Waals surface area contributed by atoms with Crippen LogP contribution in [0.2, 0.25) is 0 Å². The topological polar surface area (TPSA) is 68.1 Å². The molecule has 2 aliphatic rings. The number of sulfonamides is 1. The Balaban J connectivity index is 1.69. The van der Waals surface area contributed by atoms with Gasteiger partial charge in [0.25, 0.3) is 0 Å². The SMILES string of the molecule is O=S1(=O)c2ccccc2-c2c(nnn2Cc2ccccc2)CN1C1CC1. The van der Waals surface area contributed by atoms with E-state index in [1.807, 2.05) is 47.1 Å². The summed E-state index contributed by atoms with van der Waals surface area (Å²) in [5.74, 6) is 0. The zero-order valence-electron chi connectivity index (χ0n) is 14.1. The van der Waals surface area contributed by atoms with Gasteiger partial charge in [0.15, 0.2) is 0 Å². The molecule has 0 atom stereocenters. The van der Waals surface area contributed by atoms with Crippen LogP contribution in [0.1, 0.15) is 24.1 Å². The van der Waals surface area contributed by atoms with Crippen LogP contribution in [-0.4, -0.2) is 33.8 Å². The molecule has 5 rings (SSSR count). The largest absolute Gasteiger partial charge is 0.244 e. The molecule has 0 saturated heterocycles. The summed E-state index contributed by atoms with van der Waals surface area (Å²) in [5, 5.41) is 8.69. The zero-order valence-corrected chi connectivity index (χ0v) is 14.9. The molecule has 6 nitrogen and oxygen atoms in total. The maximum absolute atomic E-state index is 13.2. The minimum absolute atomic E-state index is 0.0817. The van der Waals surface area contributed by atoms with E-state index in [4.69, 9.17) is 0 Å². The second-order valence-corrected chi connectivity index (χ2v) is 8.66. The maximum Gasteiger partial charge on any atom is 0.244 e. The molecule has 0 amide bonds. The Morgan fingerprint density at radius 2 is 1.73 bits per heavy atom. The van der Waals surface area contributed by atoms with Gasteiger partial charge in [0.1, 0.15) is 5.69 Å². The molecule has 7 heteroatoms. The lowest BCUT2D eigenvalue weighted by Gasteiger charge is -2.19. The van der Waals surface area contributed by atoms with Gasteiger partial charge >= 0.3 is 0 Å². The normalized spacial score (nSPS) is 18.8. The third-order valence-corrected chi connectivity index (χ3v) is 6.93. The van der Waals surface area contributed by atoms with E-state index in [9.17, 15) is 8.42 Å². The molecule has 1 aliphatic carbocycles. The summed E-state index contributed by atoms with van der Waals surface area (Å²) >= 11 is 0. The van der Waals surface area contributed by atoms with Gasteiger partial charge in [-0.05, 0) is 24.5 Å². The van der Waals surface area contributed by atoms with Gasteiger partial charge in [-0.2, -0.15) is 4.31 Å². The molecule has 0 unspecified atom stereocenters. The summed E-state index contributed by atoms with van der Waals surface area (Å²) in [5.41, 5.74) is 3.31. The van der Waals surface area contributed by atoms with E-state index in [1.165, 1.54) is 0 Å². The Hall–Kier alpha value is -2.51. The molecule has 1 fully saturated rings. The van der Waals surface area contributed by atoms with Crippen molar-refractivity contribution in [3.63, 3.8) is 0 Å². The molecule has 1 aromatic heterocycles. The predicted octanol–water partition coefficient (Wildman–Crippen LogP) is 2.66.